The topological polar surface area (TPSA) is 164 Å². The molecule has 2 amide bonds. The van der Waals surface area contributed by atoms with Crippen LogP contribution >= 0.6 is 0 Å². The Balaban J connectivity index is 1.26. The zero-order valence-electron chi connectivity index (χ0n) is 24.6. The number of likely N-dealkylation sites (tertiary alicyclic amines) is 1. The van der Waals surface area contributed by atoms with Gasteiger partial charge in [-0.2, -0.15) is 15.0 Å². The minimum absolute atomic E-state index is 0.00780. The van der Waals surface area contributed by atoms with E-state index in [0.717, 1.165) is 0 Å². The first-order valence-corrected chi connectivity index (χ1v) is 14.7. The first-order valence-electron chi connectivity index (χ1n) is 14.7. The standard InChI is InChI=1S/C28H36F2N10O4/c1-2-3-19(41)4-5-21(42)40-7-6-18(17-40)25(43)37-8-10-38(11-9-37)27-34-24(20-16-32-26(31)33-22(20)23(29)30)35-28(36-27)39-12-14-44-15-13-39/h2-3,16,18,23H,4-15,17H2,1H3,(H2,31,32,33)/b3-2+/t18-/m0/s1. The molecule has 0 radical (unpaired) electrons. The van der Waals surface area contributed by atoms with Crippen molar-refractivity contribution in [3.05, 3.63) is 24.0 Å². The van der Waals surface area contributed by atoms with Gasteiger partial charge in [-0.05, 0) is 19.4 Å². The second-order valence-electron chi connectivity index (χ2n) is 10.8. The number of rotatable bonds is 9. The number of nitrogen functional groups attached to an aromatic ring is 1. The highest BCUT2D eigenvalue weighted by atomic mass is 19.3. The molecule has 0 saturated carbocycles. The molecule has 0 unspecified atom stereocenters. The van der Waals surface area contributed by atoms with E-state index in [4.69, 9.17) is 10.5 Å². The second kappa shape index (κ2) is 14.0. The highest BCUT2D eigenvalue weighted by Gasteiger charge is 2.35. The van der Waals surface area contributed by atoms with Gasteiger partial charge in [0.15, 0.2) is 11.6 Å². The fourth-order valence-electron chi connectivity index (χ4n) is 5.50. The van der Waals surface area contributed by atoms with Gasteiger partial charge >= 0.3 is 0 Å². The van der Waals surface area contributed by atoms with Gasteiger partial charge in [-0.1, -0.05) is 6.08 Å². The van der Waals surface area contributed by atoms with Crippen molar-refractivity contribution in [2.45, 2.75) is 32.6 Å². The van der Waals surface area contributed by atoms with Gasteiger partial charge in [0.05, 0.1) is 24.7 Å². The summed E-state index contributed by atoms with van der Waals surface area (Å²) >= 11 is 0. The molecule has 0 aromatic carbocycles. The Bertz CT molecular complexity index is 1400. The first kappa shape index (κ1) is 31.1. The number of amides is 2. The summed E-state index contributed by atoms with van der Waals surface area (Å²) in [5.74, 6) is -0.175. The molecule has 3 aliphatic heterocycles. The van der Waals surface area contributed by atoms with E-state index in [1.165, 1.54) is 12.3 Å². The summed E-state index contributed by atoms with van der Waals surface area (Å²) in [5, 5.41) is 0. The number of ether oxygens (including phenoxy) is 1. The molecule has 236 valence electrons. The Labute approximate surface area is 253 Å². The fourth-order valence-corrected chi connectivity index (χ4v) is 5.50. The van der Waals surface area contributed by atoms with Gasteiger partial charge in [0.1, 0.15) is 5.69 Å². The molecule has 2 aromatic heterocycles. The fraction of sp³-hybridized carbons (Fsp3) is 0.571. The lowest BCUT2D eigenvalue weighted by molar-refractivity contribution is -0.136. The predicted molar refractivity (Wildman–Crippen MR) is 156 cm³/mol. The molecule has 2 aromatic rings. The van der Waals surface area contributed by atoms with E-state index in [2.05, 4.69) is 24.9 Å². The van der Waals surface area contributed by atoms with E-state index in [1.54, 1.807) is 22.8 Å². The summed E-state index contributed by atoms with van der Waals surface area (Å²) in [5.41, 5.74) is 4.97. The number of hydrogen-bond donors (Lipinski definition) is 1. The Morgan fingerprint density at radius 2 is 1.64 bits per heavy atom. The number of alkyl halides is 2. The smallest absolute Gasteiger partial charge is 0.281 e. The molecule has 44 heavy (non-hydrogen) atoms. The maximum atomic E-state index is 13.9. The van der Waals surface area contributed by atoms with Crippen molar-refractivity contribution < 1.29 is 27.9 Å². The average molecular weight is 615 g/mol. The van der Waals surface area contributed by atoms with Crippen molar-refractivity contribution in [3.8, 4) is 11.4 Å². The van der Waals surface area contributed by atoms with Gasteiger partial charge in [0.25, 0.3) is 6.43 Å². The molecule has 2 N–H and O–H groups in total. The SMILES string of the molecule is C/C=C/C(=O)CCC(=O)N1CC[C@H](C(=O)N2CCN(c3nc(-c4cnc(N)nc4C(F)F)nc(N4CCOCC4)n3)CC2)C1. The van der Waals surface area contributed by atoms with Gasteiger partial charge in [0.2, 0.25) is 29.7 Å². The third-order valence-electron chi connectivity index (χ3n) is 7.89. The number of morpholine rings is 1. The van der Waals surface area contributed by atoms with Crippen molar-refractivity contribution in [2.75, 3.05) is 81.1 Å². The van der Waals surface area contributed by atoms with Crippen LogP contribution in [0.3, 0.4) is 0 Å². The third kappa shape index (κ3) is 7.23. The monoisotopic (exact) mass is 614 g/mol. The van der Waals surface area contributed by atoms with Crippen LogP contribution in [-0.4, -0.2) is 118 Å². The molecule has 5 rings (SSSR count). The van der Waals surface area contributed by atoms with Crippen LogP contribution in [0.1, 0.15) is 38.3 Å². The number of allylic oxidation sites excluding steroid dienone is 2. The van der Waals surface area contributed by atoms with Crippen molar-refractivity contribution in [1.82, 2.24) is 34.7 Å². The normalized spacial score (nSPS) is 19.3. The van der Waals surface area contributed by atoms with Crippen LogP contribution < -0.4 is 15.5 Å². The van der Waals surface area contributed by atoms with Crippen molar-refractivity contribution >= 4 is 35.4 Å². The lowest BCUT2D eigenvalue weighted by Gasteiger charge is -2.36. The summed E-state index contributed by atoms with van der Waals surface area (Å²) in [6.45, 7) is 6.22. The van der Waals surface area contributed by atoms with Crippen molar-refractivity contribution in [1.29, 1.82) is 0 Å². The summed E-state index contributed by atoms with van der Waals surface area (Å²) in [7, 11) is 0. The second-order valence-corrected chi connectivity index (χ2v) is 10.8. The van der Waals surface area contributed by atoms with Crippen LogP contribution in [0.2, 0.25) is 0 Å². The molecule has 16 heteroatoms. The van der Waals surface area contributed by atoms with Gasteiger partial charge in [0, 0.05) is 71.4 Å². The molecule has 0 bridgehead atoms. The predicted octanol–water partition coefficient (Wildman–Crippen LogP) is 1.11. The van der Waals surface area contributed by atoms with Gasteiger partial charge in [-0.15, -0.1) is 0 Å². The molecule has 3 fully saturated rings. The summed E-state index contributed by atoms with van der Waals surface area (Å²) in [6, 6.07) is 0. The number of carbonyl (C=O) groups excluding carboxylic acids is 3. The molecular formula is C28H36F2N10O4. The van der Waals surface area contributed by atoms with Crippen LogP contribution in [0.5, 0.6) is 0 Å². The van der Waals surface area contributed by atoms with Gasteiger partial charge < -0.3 is 30.1 Å². The summed E-state index contributed by atoms with van der Waals surface area (Å²) in [4.78, 5) is 66.2. The van der Waals surface area contributed by atoms with Crippen LogP contribution in [0.4, 0.5) is 26.6 Å². The number of carbonyl (C=O) groups is 3. The number of halogens is 2. The lowest BCUT2D eigenvalue weighted by atomic mass is 10.1. The zero-order chi connectivity index (χ0) is 31.2. The molecule has 5 heterocycles. The first-order chi connectivity index (χ1) is 21.2. The van der Waals surface area contributed by atoms with E-state index in [0.29, 0.717) is 83.9 Å². The summed E-state index contributed by atoms with van der Waals surface area (Å²) in [6.07, 6.45) is 2.24. The molecule has 1 atom stereocenters. The largest absolute Gasteiger partial charge is 0.378 e. The van der Waals surface area contributed by atoms with Crippen LogP contribution in [0.25, 0.3) is 11.4 Å². The number of nitrogens with zero attached hydrogens (tertiary/aromatic N) is 9. The summed E-state index contributed by atoms with van der Waals surface area (Å²) < 4.78 is 33.2. The van der Waals surface area contributed by atoms with E-state index < -0.39 is 12.1 Å². The van der Waals surface area contributed by atoms with Crippen molar-refractivity contribution in [2.24, 2.45) is 5.92 Å². The van der Waals surface area contributed by atoms with E-state index >= 15 is 0 Å². The van der Waals surface area contributed by atoms with Gasteiger partial charge in [-0.3, -0.25) is 14.4 Å². The van der Waals surface area contributed by atoms with E-state index in [1.807, 2.05) is 9.80 Å². The lowest BCUT2D eigenvalue weighted by Crippen LogP contribution is -2.51. The quantitative estimate of drug-likeness (QED) is 0.401. The molecule has 3 saturated heterocycles. The van der Waals surface area contributed by atoms with Crippen LogP contribution in [0.15, 0.2) is 18.3 Å². The highest BCUT2D eigenvalue weighted by molar-refractivity contribution is 5.92. The molecule has 3 aliphatic rings. The van der Waals surface area contributed by atoms with E-state index in [-0.39, 0.29) is 53.7 Å². The Morgan fingerprint density at radius 3 is 2.30 bits per heavy atom. The third-order valence-corrected chi connectivity index (χ3v) is 7.89. The number of aromatic nitrogens is 5. The minimum Gasteiger partial charge on any atom is -0.378 e. The van der Waals surface area contributed by atoms with E-state index in [9.17, 15) is 23.2 Å². The Kier molecular flexibility index (Phi) is 9.87. The highest BCUT2D eigenvalue weighted by Crippen LogP contribution is 2.30. The minimum atomic E-state index is -2.92. The number of ketones is 1. The maximum absolute atomic E-state index is 13.9. The van der Waals surface area contributed by atoms with Crippen molar-refractivity contribution in [3.63, 3.8) is 0 Å². The molecule has 0 aliphatic carbocycles. The maximum Gasteiger partial charge on any atom is 0.281 e. The van der Waals surface area contributed by atoms with Crippen LogP contribution in [-0.2, 0) is 19.1 Å². The molecule has 14 nitrogen and oxygen atoms in total. The zero-order valence-corrected chi connectivity index (χ0v) is 24.6. The molecular weight excluding hydrogens is 578 g/mol. The number of hydrogen-bond acceptors (Lipinski definition) is 12. The molecule has 0 spiro atoms. The Morgan fingerprint density at radius 1 is 0.955 bits per heavy atom. The van der Waals surface area contributed by atoms with Gasteiger partial charge in [-0.25, -0.2) is 18.7 Å². The number of piperazine rings is 1. The van der Waals surface area contributed by atoms with Crippen LogP contribution in [0, 0.1) is 5.92 Å². The average Bonchev–Trinajstić information content (AvgIpc) is 3.54. The Hall–Kier alpha value is -4.34. The number of anilines is 3. The number of nitrogens with two attached hydrogens (primary N) is 1.